The molecule has 0 spiro atoms. The SMILES string of the molecule is CCCCOC(=O)c1ccc(-n2c3nc(=O)n(C)c(=O)c-3cc3cc([N+](=O)[O-])ccc32)cc1. The highest BCUT2D eigenvalue weighted by molar-refractivity contribution is 5.91. The summed E-state index contributed by atoms with van der Waals surface area (Å²) in [5.41, 5.74) is 0.0825. The summed E-state index contributed by atoms with van der Waals surface area (Å²) in [6.07, 6.45) is 1.68. The number of fused-ring (bicyclic) bond motifs is 2. The van der Waals surface area contributed by atoms with E-state index in [1.54, 1.807) is 28.8 Å². The number of nitrogens with zero attached hydrogens (tertiary/aromatic N) is 4. The Balaban J connectivity index is 1.93. The third-order valence-electron chi connectivity index (χ3n) is 5.33. The van der Waals surface area contributed by atoms with Gasteiger partial charge in [-0.25, -0.2) is 9.59 Å². The third-order valence-corrected chi connectivity index (χ3v) is 5.33. The minimum Gasteiger partial charge on any atom is -0.462 e. The van der Waals surface area contributed by atoms with Crippen molar-refractivity contribution in [3.63, 3.8) is 0 Å². The Kier molecular flexibility index (Phi) is 5.74. The molecule has 10 nitrogen and oxygen atoms in total. The first-order chi connectivity index (χ1) is 15.8. The van der Waals surface area contributed by atoms with Crippen LogP contribution in [0.2, 0.25) is 0 Å². The largest absolute Gasteiger partial charge is 0.462 e. The van der Waals surface area contributed by atoms with E-state index in [-0.39, 0.29) is 17.1 Å². The molecular weight excluding hydrogens is 428 g/mol. The van der Waals surface area contributed by atoms with Crippen LogP contribution in [-0.2, 0) is 11.8 Å². The lowest BCUT2D eigenvalue weighted by atomic mass is 10.1. The second kappa shape index (κ2) is 8.65. The molecule has 168 valence electrons. The zero-order valence-corrected chi connectivity index (χ0v) is 18.0. The molecule has 2 heterocycles. The van der Waals surface area contributed by atoms with Gasteiger partial charge in [0.05, 0.1) is 28.2 Å². The topological polar surface area (TPSA) is 126 Å². The quantitative estimate of drug-likeness (QED) is 0.146. The molecule has 0 radical (unpaired) electrons. The summed E-state index contributed by atoms with van der Waals surface area (Å²) in [5, 5.41) is 11.7. The zero-order valence-electron chi connectivity index (χ0n) is 18.0. The van der Waals surface area contributed by atoms with Crippen molar-refractivity contribution in [1.29, 1.82) is 0 Å². The number of carbonyl (C=O) groups excluding carboxylic acids is 1. The van der Waals surface area contributed by atoms with Crippen molar-refractivity contribution in [3.05, 3.63) is 85.0 Å². The van der Waals surface area contributed by atoms with Gasteiger partial charge >= 0.3 is 11.7 Å². The number of rotatable bonds is 6. The van der Waals surface area contributed by atoms with Crippen molar-refractivity contribution >= 4 is 22.6 Å². The molecule has 33 heavy (non-hydrogen) atoms. The van der Waals surface area contributed by atoms with Crippen LogP contribution in [0.1, 0.15) is 30.1 Å². The number of unbranched alkanes of at least 4 members (excludes halogenated alkanes) is 1. The van der Waals surface area contributed by atoms with Gasteiger partial charge in [0.1, 0.15) is 0 Å². The minimum atomic E-state index is -0.723. The lowest BCUT2D eigenvalue weighted by Crippen LogP contribution is -2.35. The highest BCUT2D eigenvalue weighted by Gasteiger charge is 2.21. The van der Waals surface area contributed by atoms with Crippen LogP contribution < -0.4 is 11.2 Å². The van der Waals surface area contributed by atoms with E-state index in [0.717, 1.165) is 17.4 Å². The van der Waals surface area contributed by atoms with Gasteiger partial charge in [-0.3, -0.25) is 24.0 Å². The average Bonchev–Trinajstić information content (AvgIpc) is 2.81. The van der Waals surface area contributed by atoms with Crippen molar-refractivity contribution in [1.82, 2.24) is 14.1 Å². The van der Waals surface area contributed by atoms with Gasteiger partial charge in [0, 0.05) is 30.3 Å². The highest BCUT2D eigenvalue weighted by Crippen LogP contribution is 2.30. The Morgan fingerprint density at radius 1 is 1.12 bits per heavy atom. The van der Waals surface area contributed by atoms with Crippen LogP contribution in [0.15, 0.2) is 58.1 Å². The van der Waals surface area contributed by atoms with Gasteiger partial charge in [-0.15, -0.1) is 0 Å². The van der Waals surface area contributed by atoms with E-state index >= 15 is 0 Å². The normalized spacial score (nSPS) is 11.1. The fourth-order valence-electron chi connectivity index (χ4n) is 3.53. The summed E-state index contributed by atoms with van der Waals surface area (Å²) < 4.78 is 7.68. The van der Waals surface area contributed by atoms with Crippen molar-refractivity contribution in [3.8, 4) is 17.1 Å². The zero-order chi connectivity index (χ0) is 23.7. The Morgan fingerprint density at radius 3 is 2.52 bits per heavy atom. The van der Waals surface area contributed by atoms with E-state index in [0.29, 0.717) is 28.8 Å². The first kappa shape index (κ1) is 21.9. The molecule has 0 saturated heterocycles. The number of pyridine rings is 1. The van der Waals surface area contributed by atoms with E-state index < -0.39 is 22.1 Å². The van der Waals surface area contributed by atoms with Crippen molar-refractivity contribution < 1.29 is 14.5 Å². The molecule has 4 rings (SSSR count). The molecule has 2 aromatic rings. The molecule has 2 aliphatic rings. The van der Waals surface area contributed by atoms with Gasteiger partial charge in [0.2, 0.25) is 0 Å². The summed E-state index contributed by atoms with van der Waals surface area (Å²) in [6, 6.07) is 12.1. The molecule has 0 bridgehead atoms. The van der Waals surface area contributed by atoms with Crippen LogP contribution in [0, 0.1) is 10.1 Å². The number of benzene rings is 2. The molecule has 0 saturated carbocycles. The van der Waals surface area contributed by atoms with Gasteiger partial charge < -0.3 is 4.74 Å². The first-order valence-corrected chi connectivity index (χ1v) is 10.3. The predicted molar refractivity (Wildman–Crippen MR) is 121 cm³/mol. The van der Waals surface area contributed by atoms with Crippen molar-refractivity contribution in [2.75, 3.05) is 6.61 Å². The molecule has 0 amide bonds. The summed E-state index contributed by atoms with van der Waals surface area (Å²) in [5.74, 6) is -0.338. The Bertz CT molecular complexity index is 1470. The molecule has 0 aliphatic carbocycles. The van der Waals surface area contributed by atoms with Crippen molar-refractivity contribution in [2.45, 2.75) is 19.8 Å². The molecule has 10 heteroatoms. The Hall–Kier alpha value is -4.34. The standard InChI is InChI=1S/C23H20N4O6/c1-3-4-11-33-22(29)14-5-7-16(8-6-14)26-19-10-9-17(27(31)32)12-15(19)13-18-20(26)24-23(30)25(2)21(18)28/h5-10,12-13H,3-4,11H2,1-2H3. The monoisotopic (exact) mass is 448 g/mol. The van der Waals surface area contributed by atoms with Gasteiger partial charge in [0.25, 0.3) is 11.2 Å². The van der Waals surface area contributed by atoms with Gasteiger partial charge in [-0.2, -0.15) is 4.98 Å². The van der Waals surface area contributed by atoms with Crippen LogP contribution in [0.3, 0.4) is 0 Å². The maximum atomic E-state index is 12.8. The number of aromatic nitrogens is 3. The number of non-ortho nitro benzene ring substituents is 1. The smallest absolute Gasteiger partial charge is 0.352 e. The molecule has 0 atom stereocenters. The van der Waals surface area contributed by atoms with Crippen LogP contribution in [0.25, 0.3) is 28.0 Å². The van der Waals surface area contributed by atoms with Gasteiger partial charge in [0.15, 0.2) is 5.82 Å². The lowest BCUT2D eigenvalue weighted by molar-refractivity contribution is -0.384. The fraction of sp³-hybridized carbons (Fsp3) is 0.217. The summed E-state index contributed by atoms with van der Waals surface area (Å²) >= 11 is 0. The molecule has 2 aliphatic heterocycles. The van der Waals surface area contributed by atoms with Gasteiger partial charge in [-0.05, 0) is 42.8 Å². The minimum absolute atomic E-state index is 0.114. The first-order valence-electron chi connectivity index (χ1n) is 10.3. The van der Waals surface area contributed by atoms with Gasteiger partial charge in [-0.1, -0.05) is 13.3 Å². The van der Waals surface area contributed by atoms with E-state index in [1.165, 1.54) is 31.3 Å². The number of hydrogen-bond donors (Lipinski definition) is 0. The Morgan fingerprint density at radius 2 is 1.85 bits per heavy atom. The number of ether oxygens (including phenoxy) is 1. The maximum Gasteiger partial charge on any atom is 0.352 e. The van der Waals surface area contributed by atoms with E-state index in [9.17, 15) is 24.5 Å². The third kappa shape index (κ3) is 3.98. The Labute approximate surface area is 187 Å². The van der Waals surface area contributed by atoms with Crippen LogP contribution in [-0.4, -0.2) is 31.6 Å². The van der Waals surface area contributed by atoms with E-state index in [4.69, 9.17) is 4.74 Å². The van der Waals surface area contributed by atoms with E-state index in [2.05, 4.69) is 4.98 Å². The summed E-state index contributed by atoms with van der Waals surface area (Å²) in [4.78, 5) is 52.1. The van der Waals surface area contributed by atoms with E-state index in [1.807, 2.05) is 6.92 Å². The van der Waals surface area contributed by atoms with Crippen LogP contribution in [0.4, 0.5) is 5.69 Å². The highest BCUT2D eigenvalue weighted by atomic mass is 16.6. The molecule has 0 fully saturated rings. The second-order valence-corrected chi connectivity index (χ2v) is 7.51. The number of carbonyl (C=O) groups is 1. The average molecular weight is 448 g/mol. The second-order valence-electron chi connectivity index (χ2n) is 7.51. The summed E-state index contributed by atoms with van der Waals surface area (Å²) in [7, 11) is 1.32. The lowest BCUT2D eigenvalue weighted by Gasteiger charge is -2.18. The predicted octanol–water partition coefficient (Wildman–Crippen LogP) is 3.05. The van der Waals surface area contributed by atoms with Crippen LogP contribution >= 0.6 is 0 Å². The summed E-state index contributed by atoms with van der Waals surface area (Å²) in [6.45, 7) is 2.33. The molecular formula is C23H20N4O6. The molecule has 0 unspecified atom stereocenters. The number of hydrogen-bond acceptors (Lipinski definition) is 7. The molecule has 0 N–H and O–H groups in total. The molecule has 0 aromatic heterocycles. The number of nitro benzene ring substituents is 1. The van der Waals surface area contributed by atoms with Crippen molar-refractivity contribution in [2.24, 2.45) is 7.05 Å². The fourth-order valence-corrected chi connectivity index (χ4v) is 3.53. The number of nitro groups is 1. The van der Waals surface area contributed by atoms with Crippen LogP contribution in [0.5, 0.6) is 0 Å². The molecule has 2 aromatic carbocycles. The number of esters is 1. The maximum absolute atomic E-state index is 12.8.